The van der Waals surface area contributed by atoms with Crippen molar-refractivity contribution in [3.05, 3.63) is 21.4 Å². The van der Waals surface area contributed by atoms with E-state index >= 15 is 0 Å². The minimum Gasteiger partial charge on any atom is -0.481 e. The highest BCUT2D eigenvalue weighted by molar-refractivity contribution is 7.12. The topological polar surface area (TPSA) is 37.3 Å². The maximum absolute atomic E-state index is 12.9. The first-order chi connectivity index (χ1) is 8.08. The predicted molar refractivity (Wildman–Crippen MR) is 62.0 cm³/mol. The van der Waals surface area contributed by atoms with Crippen molar-refractivity contribution in [2.24, 2.45) is 0 Å². The number of thiophene rings is 1. The number of aliphatic carboxylic acids is 1. The van der Waals surface area contributed by atoms with Gasteiger partial charge in [0.15, 0.2) is 0 Å². The Morgan fingerprint density at radius 3 is 2.71 bits per heavy atom. The van der Waals surface area contributed by atoms with E-state index in [0.29, 0.717) is 4.88 Å². The molecule has 1 atom stereocenters. The summed E-state index contributed by atoms with van der Waals surface area (Å²) in [6.07, 6.45) is 0.993. The third-order valence-electron chi connectivity index (χ3n) is 3.08. The van der Waals surface area contributed by atoms with E-state index in [9.17, 15) is 13.6 Å². The van der Waals surface area contributed by atoms with Crippen LogP contribution in [0.5, 0.6) is 0 Å². The molecule has 1 aromatic rings. The molecule has 0 spiro atoms. The third kappa shape index (κ3) is 2.83. The lowest BCUT2D eigenvalue weighted by atomic mass is 9.97. The molecule has 0 amide bonds. The van der Waals surface area contributed by atoms with Gasteiger partial charge in [0.2, 0.25) is 6.43 Å². The van der Waals surface area contributed by atoms with E-state index in [2.05, 4.69) is 0 Å². The molecule has 0 aliphatic heterocycles. The fraction of sp³-hybridized carbons (Fsp3) is 0.583. The van der Waals surface area contributed by atoms with Crippen LogP contribution >= 0.6 is 11.3 Å². The van der Waals surface area contributed by atoms with Crippen LogP contribution in [0.1, 0.15) is 40.5 Å². The molecule has 0 aromatic carbocycles. The lowest BCUT2D eigenvalue weighted by Crippen LogP contribution is -2.12. The van der Waals surface area contributed by atoms with Crippen molar-refractivity contribution in [3.63, 3.8) is 0 Å². The molecule has 1 aliphatic rings. The number of fused-ring (bicyclic) bond motifs is 1. The smallest absolute Gasteiger partial charge is 0.304 e. The van der Waals surface area contributed by atoms with Gasteiger partial charge < -0.3 is 5.11 Å². The second-order valence-corrected chi connectivity index (χ2v) is 5.51. The monoisotopic (exact) mass is 260 g/mol. The van der Waals surface area contributed by atoms with Crippen LogP contribution in [-0.2, 0) is 17.6 Å². The molecule has 5 heteroatoms. The summed E-state index contributed by atoms with van der Waals surface area (Å²) in [5.74, 6) is -2.32. The second-order valence-electron chi connectivity index (χ2n) is 4.34. The molecule has 1 N–H and O–H groups in total. The van der Waals surface area contributed by atoms with Crippen LogP contribution in [0, 0.1) is 0 Å². The average Bonchev–Trinajstić information content (AvgIpc) is 2.68. The van der Waals surface area contributed by atoms with E-state index in [-0.39, 0.29) is 0 Å². The Balaban J connectivity index is 2.23. The van der Waals surface area contributed by atoms with Crippen molar-refractivity contribution in [1.82, 2.24) is 0 Å². The van der Waals surface area contributed by atoms with Gasteiger partial charge in [-0.1, -0.05) is 0 Å². The van der Waals surface area contributed by atoms with Gasteiger partial charge in [0.25, 0.3) is 0 Å². The highest BCUT2D eigenvalue weighted by Gasteiger charge is 2.28. The van der Waals surface area contributed by atoms with Gasteiger partial charge in [0.1, 0.15) is 0 Å². The number of halogens is 2. The van der Waals surface area contributed by atoms with Gasteiger partial charge in [-0.05, 0) is 37.3 Å². The summed E-state index contributed by atoms with van der Waals surface area (Å²) in [5, 5.41) is 8.67. The van der Waals surface area contributed by atoms with Gasteiger partial charge in [-0.25, -0.2) is 8.78 Å². The number of carboxylic acid groups (broad SMARTS) is 1. The molecule has 1 unspecified atom stereocenters. The van der Waals surface area contributed by atoms with Gasteiger partial charge in [0.05, 0.1) is 12.3 Å². The average molecular weight is 260 g/mol. The molecule has 0 saturated heterocycles. The number of carboxylic acids is 1. The molecule has 0 fully saturated rings. The summed E-state index contributed by atoms with van der Waals surface area (Å²) in [5.41, 5.74) is 1.15. The molecule has 1 aliphatic carbocycles. The van der Waals surface area contributed by atoms with E-state index < -0.39 is 24.7 Å². The molecule has 1 heterocycles. The lowest BCUT2D eigenvalue weighted by Gasteiger charge is -2.11. The van der Waals surface area contributed by atoms with Crippen molar-refractivity contribution in [2.45, 2.75) is 44.4 Å². The van der Waals surface area contributed by atoms with Crippen molar-refractivity contribution in [1.29, 1.82) is 0 Å². The fourth-order valence-electron chi connectivity index (χ4n) is 2.20. The first-order valence-electron chi connectivity index (χ1n) is 5.69. The summed E-state index contributed by atoms with van der Waals surface area (Å²) in [6, 6.07) is 1.79. The normalized spacial score (nSPS) is 16.9. The summed E-state index contributed by atoms with van der Waals surface area (Å²) >= 11 is 1.37. The SMILES string of the molecule is O=C(O)CC(c1cc2c(s1)CCCC2)C(F)F. The molecular weight excluding hydrogens is 246 g/mol. The van der Waals surface area contributed by atoms with E-state index in [1.807, 2.05) is 0 Å². The zero-order valence-corrected chi connectivity index (χ0v) is 10.1. The molecule has 0 saturated carbocycles. The van der Waals surface area contributed by atoms with Crippen LogP contribution in [0.2, 0.25) is 0 Å². The molecule has 2 nitrogen and oxygen atoms in total. The van der Waals surface area contributed by atoms with Crippen molar-refractivity contribution in [2.75, 3.05) is 0 Å². The predicted octanol–water partition coefficient (Wildman–Crippen LogP) is 3.45. The first-order valence-corrected chi connectivity index (χ1v) is 6.51. The summed E-state index contributed by atoms with van der Waals surface area (Å²) in [6.45, 7) is 0. The second kappa shape index (κ2) is 5.12. The standard InChI is InChI=1S/C12H14F2O2S/c13-12(14)8(6-11(15)16)10-5-7-3-1-2-4-9(7)17-10/h5,8,12H,1-4,6H2,(H,15,16). The number of hydrogen-bond donors (Lipinski definition) is 1. The summed E-state index contributed by atoms with van der Waals surface area (Å²) in [4.78, 5) is 12.3. The zero-order valence-electron chi connectivity index (χ0n) is 9.29. The Kier molecular flexibility index (Phi) is 3.76. The summed E-state index contributed by atoms with van der Waals surface area (Å²) < 4.78 is 25.7. The minimum atomic E-state index is -2.61. The number of rotatable bonds is 4. The molecule has 2 rings (SSSR count). The highest BCUT2D eigenvalue weighted by Crippen LogP contribution is 2.37. The minimum absolute atomic E-state index is 0.489. The molecule has 0 bridgehead atoms. The van der Waals surface area contributed by atoms with Crippen LogP contribution in [0.3, 0.4) is 0 Å². The van der Waals surface area contributed by atoms with Gasteiger partial charge in [-0.2, -0.15) is 0 Å². The van der Waals surface area contributed by atoms with Crippen LogP contribution < -0.4 is 0 Å². The van der Waals surface area contributed by atoms with E-state index in [1.54, 1.807) is 6.07 Å². The van der Waals surface area contributed by atoms with Crippen molar-refractivity contribution in [3.8, 4) is 0 Å². The Morgan fingerprint density at radius 1 is 1.41 bits per heavy atom. The molecule has 0 radical (unpaired) electrons. The van der Waals surface area contributed by atoms with Crippen LogP contribution in [0.4, 0.5) is 8.78 Å². The number of hydrogen-bond acceptors (Lipinski definition) is 2. The maximum Gasteiger partial charge on any atom is 0.304 e. The van der Waals surface area contributed by atoms with Crippen molar-refractivity contribution >= 4 is 17.3 Å². The fourth-order valence-corrected chi connectivity index (χ4v) is 3.56. The molecule has 17 heavy (non-hydrogen) atoms. The van der Waals surface area contributed by atoms with E-state index in [1.165, 1.54) is 16.2 Å². The molecule has 1 aromatic heterocycles. The van der Waals surface area contributed by atoms with Crippen molar-refractivity contribution < 1.29 is 18.7 Å². The largest absolute Gasteiger partial charge is 0.481 e. The third-order valence-corrected chi connectivity index (χ3v) is 4.45. The number of alkyl halides is 2. The molecular formula is C12H14F2O2S. The number of carbonyl (C=O) groups is 1. The van der Waals surface area contributed by atoms with E-state index in [0.717, 1.165) is 31.2 Å². The van der Waals surface area contributed by atoms with Gasteiger partial charge >= 0.3 is 5.97 Å². The van der Waals surface area contributed by atoms with Gasteiger partial charge in [-0.3, -0.25) is 4.79 Å². The Labute approximate surface area is 102 Å². The van der Waals surface area contributed by atoms with Crippen LogP contribution in [0.25, 0.3) is 0 Å². The Hall–Kier alpha value is -0.970. The summed E-state index contributed by atoms with van der Waals surface area (Å²) in [7, 11) is 0. The Bertz CT molecular complexity index is 391. The quantitative estimate of drug-likeness (QED) is 0.900. The maximum atomic E-state index is 12.9. The Morgan fingerprint density at radius 2 is 2.12 bits per heavy atom. The lowest BCUT2D eigenvalue weighted by molar-refractivity contribution is -0.138. The van der Waals surface area contributed by atoms with Gasteiger partial charge in [-0.15, -0.1) is 11.3 Å². The first kappa shape index (κ1) is 12.5. The molecule has 94 valence electrons. The highest BCUT2D eigenvalue weighted by atomic mass is 32.1. The number of aryl methyl sites for hydroxylation is 2. The van der Waals surface area contributed by atoms with Crippen LogP contribution in [-0.4, -0.2) is 17.5 Å². The van der Waals surface area contributed by atoms with Crippen LogP contribution in [0.15, 0.2) is 6.07 Å². The van der Waals surface area contributed by atoms with Gasteiger partial charge in [0, 0.05) is 9.75 Å². The zero-order chi connectivity index (χ0) is 12.4. The van der Waals surface area contributed by atoms with E-state index in [4.69, 9.17) is 5.11 Å².